The predicted molar refractivity (Wildman–Crippen MR) is 122 cm³/mol. The number of anilines is 1. The summed E-state index contributed by atoms with van der Waals surface area (Å²) in [4.78, 5) is 25.4. The molecule has 4 rings (SSSR count). The third-order valence-electron chi connectivity index (χ3n) is 4.67. The highest BCUT2D eigenvalue weighted by molar-refractivity contribution is 8.27. The molecule has 150 valence electrons. The van der Waals surface area contributed by atoms with Crippen LogP contribution in [0.5, 0.6) is 0 Å². The average molecular weight is 437 g/mol. The second kappa shape index (κ2) is 8.25. The molecular formula is C22H16N2O4S2. The summed E-state index contributed by atoms with van der Waals surface area (Å²) in [6.45, 7) is 2.04. The number of benzene rings is 2. The third kappa shape index (κ3) is 3.79. The Labute approximate surface area is 182 Å². The van der Waals surface area contributed by atoms with Crippen molar-refractivity contribution < 1.29 is 14.1 Å². The van der Waals surface area contributed by atoms with E-state index in [0.717, 1.165) is 17.7 Å². The zero-order valence-electron chi connectivity index (χ0n) is 15.9. The maximum absolute atomic E-state index is 13.0. The van der Waals surface area contributed by atoms with Gasteiger partial charge in [-0.15, -0.1) is 0 Å². The smallest absolute Gasteiger partial charge is 0.270 e. The van der Waals surface area contributed by atoms with Gasteiger partial charge in [0, 0.05) is 23.8 Å². The van der Waals surface area contributed by atoms with Crippen LogP contribution in [-0.2, 0) is 11.2 Å². The number of hydrogen-bond donors (Lipinski definition) is 0. The van der Waals surface area contributed by atoms with Gasteiger partial charge in [-0.05, 0) is 42.3 Å². The van der Waals surface area contributed by atoms with Crippen LogP contribution in [0.3, 0.4) is 0 Å². The van der Waals surface area contributed by atoms with Crippen LogP contribution in [0.4, 0.5) is 11.4 Å². The molecule has 2 heterocycles. The van der Waals surface area contributed by atoms with Crippen molar-refractivity contribution in [3.8, 4) is 11.3 Å². The van der Waals surface area contributed by atoms with Gasteiger partial charge in [-0.1, -0.05) is 49.1 Å². The first-order chi connectivity index (χ1) is 14.5. The molecule has 0 aliphatic carbocycles. The summed E-state index contributed by atoms with van der Waals surface area (Å²) >= 11 is 6.69. The quantitative estimate of drug-likeness (QED) is 0.217. The van der Waals surface area contributed by atoms with Crippen LogP contribution in [-0.4, -0.2) is 15.2 Å². The lowest BCUT2D eigenvalue weighted by atomic mass is 10.1. The van der Waals surface area contributed by atoms with E-state index in [-0.39, 0.29) is 11.6 Å². The first-order valence-electron chi connectivity index (χ1n) is 9.18. The highest BCUT2D eigenvalue weighted by atomic mass is 32.2. The largest absolute Gasteiger partial charge is 0.457 e. The molecular weight excluding hydrogens is 420 g/mol. The lowest BCUT2D eigenvalue weighted by molar-refractivity contribution is -0.384. The maximum atomic E-state index is 13.0. The molecule has 1 aliphatic rings. The average Bonchev–Trinajstić information content (AvgIpc) is 3.32. The van der Waals surface area contributed by atoms with Gasteiger partial charge in [0.25, 0.3) is 11.6 Å². The summed E-state index contributed by atoms with van der Waals surface area (Å²) in [7, 11) is 0. The number of amides is 1. The molecule has 0 unspecified atom stereocenters. The molecule has 6 nitrogen and oxygen atoms in total. The van der Waals surface area contributed by atoms with Crippen molar-refractivity contribution >= 4 is 51.7 Å². The van der Waals surface area contributed by atoms with Gasteiger partial charge < -0.3 is 4.42 Å². The lowest BCUT2D eigenvalue weighted by Gasteiger charge is -2.17. The van der Waals surface area contributed by atoms with Crippen molar-refractivity contribution in [1.82, 2.24) is 0 Å². The molecule has 0 N–H and O–H groups in total. The van der Waals surface area contributed by atoms with E-state index in [9.17, 15) is 14.9 Å². The number of nitro benzene ring substituents is 1. The predicted octanol–water partition coefficient (Wildman–Crippen LogP) is 5.82. The van der Waals surface area contributed by atoms with Crippen molar-refractivity contribution in [2.45, 2.75) is 13.3 Å². The molecule has 0 radical (unpaired) electrons. The molecule has 2 aromatic carbocycles. The SMILES string of the molecule is CCc1ccccc1N1C(=O)/C(=C/c2ccc(-c3ccc([N+](=O)[O-])cc3)o2)SC1=S. The van der Waals surface area contributed by atoms with Crippen LogP contribution < -0.4 is 4.90 Å². The second-order valence-corrected chi connectivity index (χ2v) is 8.18. The topological polar surface area (TPSA) is 76.6 Å². The highest BCUT2D eigenvalue weighted by Gasteiger charge is 2.34. The highest BCUT2D eigenvalue weighted by Crippen LogP contribution is 2.38. The Morgan fingerprint density at radius 3 is 2.57 bits per heavy atom. The third-order valence-corrected chi connectivity index (χ3v) is 5.97. The van der Waals surface area contributed by atoms with Crippen LogP contribution in [0.2, 0.25) is 0 Å². The van der Waals surface area contributed by atoms with Gasteiger partial charge in [0.1, 0.15) is 11.5 Å². The minimum absolute atomic E-state index is 0.0153. The van der Waals surface area contributed by atoms with Crippen LogP contribution in [0.25, 0.3) is 17.4 Å². The number of thioether (sulfide) groups is 1. The van der Waals surface area contributed by atoms with E-state index in [0.29, 0.717) is 26.3 Å². The fraction of sp³-hybridized carbons (Fsp3) is 0.0909. The van der Waals surface area contributed by atoms with Crippen molar-refractivity contribution in [2.24, 2.45) is 0 Å². The number of carbonyl (C=O) groups is 1. The zero-order valence-corrected chi connectivity index (χ0v) is 17.5. The molecule has 0 saturated carbocycles. The van der Waals surface area contributed by atoms with Gasteiger partial charge in [0.2, 0.25) is 0 Å². The maximum Gasteiger partial charge on any atom is 0.270 e. The summed E-state index contributed by atoms with van der Waals surface area (Å²) in [6, 6.07) is 17.3. The molecule has 1 fully saturated rings. The monoisotopic (exact) mass is 436 g/mol. The van der Waals surface area contributed by atoms with Gasteiger partial charge in [-0.3, -0.25) is 19.8 Å². The number of furan rings is 1. The number of carbonyl (C=O) groups excluding carboxylic acids is 1. The van der Waals surface area contributed by atoms with Crippen LogP contribution >= 0.6 is 24.0 Å². The van der Waals surface area contributed by atoms with Gasteiger partial charge in [0.15, 0.2) is 4.32 Å². The first kappa shape index (κ1) is 20.1. The zero-order chi connectivity index (χ0) is 21.3. The number of rotatable bonds is 5. The molecule has 3 aromatic rings. The summed E-state index contributed by atoms with van der Waals surface area (Å²) < 4.78 is 6.31. The molecule has 0 atom stereocenters. The first-order valence-corrected chi connectivity index (χ1v) is 10.4. The number of para-hydroxylation sites is 1. The lowest BCUT2D eigenvalue weighted by Crippen LogP contribution is -2.28. The number of nitrogens with zero attached hydrogens (tertiary/aromatic N) is 2. The molecule has 30 heavy (non-hydrogen) atoms. The molecule has 1 saturated heterocycles. The Morgan fingerprint density at radius 2 is 1.87 bits per heavy atom. The Hall–Kier alpha value is -3.23. The van der Waals surface area contributed by atoms with E-state index >= 15 is 0 Å². The van der Waals surface area contributed by atoms with E-state index in [1.807, 2.05) is 31.2 Å². The summed E-state index contributed by atoms with van der Waals surface area (Å²) in [5.74, 6) is 0.884. The van der Waals surface area contributed by atoms with E-state index in [2.05, 4.69) is 0 Å². The van der Waals surface area contributed by atoms with Gasteiger partial charge >= 0.3 is 0 Å². The number of aryl methyl sites for hydroxylation is 1. The Kier molecular flexibility index (Phi) is 5.52. The normalized spacial score (nSPS) is 15.2. The molecule has 1 aromatic heterocycles. The number of thiocarbonyl (C=S) groups is 1. The van der Waals surface area contributed by atoms with Gasteiger partial charge in [-0.2, -0.15) is 0 Å². The van der Waals surface area contributed by atoms with Crippen molar-refractivity contribution in [2.75, 3.05) is 4.90 Å². The van der Waals surface area contributed by atoms with Crippen molar-refractivity contribution in [1.29, 1.82) is 0 Å². The minimum Gasteiger partial charge on any atom is -0.457 e. The second-order valence-electron chi connectivity index (χ2n) is 6.51. The molecule has 1 aliphatic heterocycles. The Morgan fingerprint density at radius 1 is 1.13 bits per heavy atom. The van der Waals surface area contributed by atoms with Crippen molar-refractivity contribution in [3.63, 3.8) is 0 Å². The molecule has 0 bridgehead atoms. The number of non-ortho nitro benzene ring substituents is 1. The molecule has 1 amide bonds. The van der Waals surface area contributed by atoms with Gasteiger partial charge in [0.05, 0.1) is 15.5 Å². The van der Waals surface area contributed by atoms with Crippen LogP contribution in [0, 0.1) is 10.1 Å². The summed E-state index contributed by atoms with van der Waals surface area (Å²) in [5.41, 5.74) is 2.58. The summed E-state index contributed by atoms with van der Waals surface area (Å²) in [5, 5.41) is 10.8. The van der Waals surface area contributed by atoms with Crippen molar-refractivity contribution in [3.05, 3.63) is 87.0 Å². The van der Waals surface area contributed by atoms with E-state index in [1.165, 1.54) is 23.9 Å². The fourth-order valence-electron chi connectivity index (χ4n) is 3.17. The number of hydrogen-bond acceptors (Lipinski definition) is 6. The summed E-state index contributed by atoms with van der Waals surface area (Å²) in [6.07, 6.45) is 2.46. The van der Waals surface area contributed by atoms with Crippen LogP contribution in [0.15, 0.2) is 70.0 Å². The fourth-order valence-corrected chi connectivity index (χ4v) is 4.43. The molecule has 0 spiro atoms. The van der Waals surface area contributed by atoms with E-state index < -0.39 is 4.92 Å². The molecule has 8 heteroatoms. The Bertz CT molecular complexity index is 1180. The van der Waals surface area contributed by atoms with E-state index in [1.54, 1.807) is 35.2 Å². The standard InChI is InChI=1S/C22H16N2O4S2/c1-2-14-5-3-4-6-18(14)23-21(25)20(30-22(23)29)13-17-11-12-19(28-17)15-7-9-16(10-8-15)24(26)27/h3-13H,2H2,1H3/b20-13-. The number of nitro groups is 1. The van der Waals surface area contributed by atoms with Crippen LogP contribution in [0.1, 0.15) is 18.2 Å². The minimum atomic E-state index is -0.448. The van der Waals surface area contributed by atoms with E-state index in [4.69, 9.17) is 16.6 Å². The van der Waals surface area contributed by atoms with Gasteiger partial charge in [-0.25, -0.2) is 0 Å². The Balaban J connectivity index is 1.59.